The molecule has 0 saturated carbocycles. The normalized spacial score (nSPS) is 17.5. The van der Waals surface area contributed by atoms with Gasteiger partial charge in [-0.05, 0) is 31.2 Å². The Labute approximate surface area is 136 Å². The zero-order chi connectivity index (χ0) is 15.9. The predicted octanol–water partition coefficient (Wildman–Crippen LogP) is 3.03. The fraction of sp³-hybridized carbons (Fsp3) is 0.529. The van der Waals surface area contributed by atoms with E-state index in [9.17, 15) is 9.59 Å². The number of likely N-dealkylation sites (tertiary alicyclic amines) is 1. The number of carbonyl (C=O) groups is 2. The van der Waals surface area contributed by atoms with Gasteiger partial charge in [-0.1, -0.05) is 42.1 Å². The van der Waals surface area contributed by atoms with Crippen molar-refractivity contribution in [3.05, 3.63) is 35.9 Å². The minimum absolute atomic E-state index is 0.0549. The Bertz CT molecular complexity index is 505. The highest BCUT2D eigenvalue weighted by Crippen LogP contribution is 2.24. The number of nitrogens with zero attached hydrogens (tertiary/aromatic N) is 2. The van der Waals surface area contributed by atoms with E-state index in [4.69, 9.17) is 0 Å². The molecular weight excluding hydrogens is 296 g/mol. The van der Waals surface area contributed by atoms with Crippen molar-refractivity contribution in [3.63, 3.8) is 0 Å². The van der Waals surface area contributed by atoms with E-state index >= 15 is 0 Å². The van der Waals surface area contributed by atoms with Crippen molar-refractivity contribution in [3.8, 4) is 0 Å². The molecule has 1 atom stereocenters. The summed E-state index contributed by atoms with van der Waals surface area (Å²) in [6, 6.07) is 10.0. The van der Waals surface area contributed by atoms with E-state index in [2.05, 4.69) is 12.1 Å². The van der Waals surface area contributed by atoms with Crippen molar-refractivity contribution in [1.82, 2.24) is 9.80 Å². The maximum absolute atomic E-state index is 12.3. The Morgan fingerprint density at radius 2 is 2.00 bits per heavy atom. The summed E-state index contributed by atoms with van der Waals surface area (Å²) in [6.45, 7) is 0.692. The molecule has 1 aromatic rings. The summed E-state index contributed by atoms with van der Waals surface area (Å²) < 4.78 is 0. The van der Waals surface area contributed by atoms with Gasteiger partial charge in [0.2, 0.25) is 5.12 Å². The SMILES string of the molecule is CN(C)C(=O)N1CCCC1C(=O)SCCCc1ccccc1. The van der Waals surface area contributed by atoms with E-state index in [1.807, 2.05) is 18.2 Å². The number of thioether (sulfide) groups is 1. The first-order chi connectivity index (χ1) is 10.6. The molecule has 0 radical (unpaired) electrons. The number of rotatable bonds is 5. The molecule has 1 saturated heterocycles. The van der Waals surface area contributed by atoms with Crippen LogP contribution in [0.25, 0.3) is 0 Å². The van der Waals surface area contributed by atoms with E-state index in [-0.39, 0.29) is 17.2 Å². The van der Waals surface area contributed by atoms with Gasteiger partial charge in [0.25, 0.3) is 0 Å². The zero-order valence-corrected chi connectivity index (χ0v) is 14.1. The van der Waals surface area contributed by atoms with Crippen LogP contribution in [0, 0.1) is 0 Å². The van der Waals surface area contributed by atoms with Crippen molar-refractivity contribution >= 4 is 22.9 Å². The molecule has 1 aliphatic rings. The van der Waals surface area contributed by atoms with Crippen LogP contribution in [-0.2, 0) is 11.2 Å². The predicted molar refractivity (Wildman–Crippen MR) is 91.0 cm³/mol. The molecule has 5 heteroatoms. The quantitative estimate of drug-likeness (QED) is 0.783. The van der Waals surface area contributed by atoms with Gasteiger partial charge in [0.05, 0.1) is 0 Å². The van der Waals surface area contributed by atoms with Gasteiger partial charge in [-0.2, -0.15) is 0 Å². The minimum atomic E-state index is -0.239. The third-order valence-electron chi connectivity index (χ3n) is 3.85. The number of hydrogen-bond acceptors (Lipinski definition) is 3. The number of hydrogen-bond donors (Lipinski definition) is 0. The van der Waals surface area contributed by atoms with Gasteiger partial charge in [-0.3, -0.25) is 4.79 Å². The Balaban J connectivity index is 1.76. The lowest BCUT2D eigenvalue weighted by Gasteiger charge is -2.26. The molecule has 0 aromatic heterocycles. The average Bonchev–Trinajstić information content (AvgIpc) is 3.01. The molecule has 2 amide bonds. The lowest BCUT2D eigenvalue weighted by molar-refractivity contribution is -0.114. The minimum Gasteiger partial charge on any atom is -0.331 e. The summed E-state index contributed by atoms with van der Waals surface area (Å²) in [4.78, 5) is 27.7. The Kier molecular flexibility index (Phi) is 6.31. The maximum atomic E-state index is 12.3. The van der Waals surface area contributed by atoms with E-state index in [0.717, 1.165) is 31.4 Å². The summed E-state index contributed by atoms with van der Waals surface area (Å²) in [5, 5.41) is 0.140. The summed E-state index contributed by atoms with van der Waals surface area (Å²) in [7, 11) is 3.46. The molecule has 0 N–H and O–H groups in total. The fourth-order valence-electron chi connectivity index (χ4n) is 2.69. The van der Waals surface area contributed by atoms with Crippen LogP contribution in [0.15, 0.2) is 30.3 Å². The number of urea groups is 1. The molecule has 22 heavy (non-hydrogen) atoms. The van der Waals surface area contributed by atoms with Crippen molar-refractivity contribution in [2.75, 3.05) is 26.4 Å². The summed E-state index contributed by atoms with van der Waals surface area (Å²) in [5.74, 6) is 0.814. The maximum Gasteiger partial charge on any atom is 0.320 e. The van der Waals surface area contributed by atoms with E-state index in [1.54, 1.807) is 23.9 Å². The van der Waals surface area contributed by atoms with Gasteiger partial charge >= 0.3 is 6.03 Å². The highest BCUT2D eigenvalue weighted by atomic mass is 32.2. The largest absolute Gasteiger partial charge is 0.331 e. The topological polar surface area (TPSA) is 40.6 Å². The molecule has 4 nitrogen and oxygen atoms in total. The molecule has 0 spiro atoms. The Morgan fingerprint density at radius 3 is 2.68 bits per heavy atom. The molecule has 1 fully saturated rings. The van der Waals surface area contributed by atoms with Crippen LogP contribution >= 0.6 is 11.8 Å². The third kappa shape index (κ3) is 4.50. The lowest BCUT2D eigenvalue weighted by Crippen LogP contribution is -2.44. The van der Waals surface area contributed by atoms with Crippen LogP contribution in [0.2, 0.25) is 0 Å². The van der Waals surface area contributed by atoms with Crippen LogP contribution < -0.4 is 0 Å². The van der Waals surface area contributed by atoms with Gasteiger partial charge in [-0.15, -0.1) is 0 Å². The molecule has 1 aromatic carbocycles. The molecule has 1 aliphatic heterocycles. The van der Waals surface area contributed by atoms with Crippen molar-refractivity contribution in [2.45, 2.75) is 31.7 Å². The van der Waals surface area contributed by atoms with Crippen molar-refractivity contribution in [1.29, 1.82) is 0 Å². The van der Waals surface area contributed by atoms with Crippen molar-refractivity contribution in [2.24, 2.45) is 0 Å². The molecule has 2 rings (SSSR count). The lowest BCUT2D eigenvalue weighted by atomic mass is 10.1. The van der Waals surface area contributed by atoms with Crippen LogP contribution in [0.1, 0.15) is 24.8 Å². The van der Waals surface area contributed by atoms with Gasteiger partial charge in [0, 0.05) is 26.4 Å². The monoisotopic (exact) mass is 320 g/mol. The number of carbonyl (C=O) groups excluding carboxylic acids is 2. The molecular formula is C17H24N2O2S. The van der Waals surface area contributed by atoms with Gasteiger partial charge in [-0.25, -0.2) is 4.79 Å². The fourth-order valence-corrected chi connectivity index (χ4v) is 3.61. The second kappa shape index (κ2) is 8.22. The van der Waals surface area contributed by atoms with Crippen LogP contribution in [0.4, 0.5) is 4.79 Å². The standard InChI is InChI=1S/C17H24N2O2S/c1-18(2)17(21)19-12-6-11-15(19)16(20)22-13-7-10-14-8-4-3-5-9-14/h3-5,8-9,15H,6-7,10-13H2,1-2H3. The average molecular weight is 320 g/mol. The molecule has 120 valence electrons. The smallest absolute Gasteiger partial charge is 0.320 e. The van der Waals surface area contributed by atoms with Crippen LogP contribution in [-0.4, -0.2) is 53.4 Å². The first-order valence-electron chi connectivity index (χ1n) is 7.78. The number of benzene rings is 1. The third-order valence-corrected chi connectivity index (χ3v) is 4.90. The van der Waals surface area contributed by atoms with Crippen molar-refractivity contribution < 1.29 is 9.59 Å². The summed E-state index contributed by atoms with van der Waals surface area (Å²) in [6.07, 6.45) is 3.69. The van der Waals surface area contributed by atoms with Gasteiger partial charge in [0.1, 0.15) is 6.04 Å². The van der Waals surface area contributed by atoms with E-state index in [0.29, 0.717) is 6.54 Å². The Hall–Kier alpha value is -1.49. The van der Waals surface area contributed by atoms with Gasteiger partial charge in [0.15, 0.2) is 0 Å². The first kappa shape index (κ1) is 16.9. The molecule has 1 unspecified atom stereocenters. The van der Waals surface area contributed by atoms with Crippen LogP contribution in [0.5, 0.6) is 0 Å². The van der Waals surface area contributed by atoms with E-state index in [1.165, 1.54) is 17.3 Å². The van der Waals surface area contributed by atoms with Crippen LogP contribution in [0.3, 0.4) is 0 Å². The highest BCUT2D eigenvalue weighted by Gasteiger charge is 2.34. The Morgan fingerprint density at radius 1 is 1.27 bits per heavy atom. The summed E-state index contributed by atoms with van der Waals surface area (Å²) in [5.41, 5.74) is 1.31. The van der Waals surface area contributed by atoms with E-state index < -0.39 is 0 Å². The molecule has 0 bridgehead atoms. The number of aryl methyl sites for hydroxylation is 1. The van der Waals surface area contributed by atoms with Gasteiger partial charge < -0.3 is 9.80 Å². The number of amides is 2. The second-order valence-corrected chi connectivity index (χ2v) is 6.88. The second-order valence-electron chi connectivity index (χ2n) is 5.79. The highest BCUT2D eigenvalue weighted by molar-refractivity contribution is 8.13. The summed E-state index contributed by atoms with van der Waals surface area (Å²) >= 11 is 1.37. The molecule has 0 aliphatic carbocycles. The molecule has 1 heterocycles. The first-order valence-corrected chi connectivity index (χ1v) is 8.76. The zero-order valence-electron chi connectivity index (χ0n) is 13.3.